The smallest absolute Gasteiger partial charge is 0.131 e. The first-order valence-corrected chi connectivity index (χ1v) is 6.17. The van der Waals surface area contributed by atoms with Crippen LogP contribution in [-0.2, 0) is 6.54 Å². The van der Waals surface area contributed by atoms with Crippen LogP contribution in [-0.4, -0.2) is 0 Å². The minimum Gasteiger partial charge on any atom is -0.467 e. The van der Waals surface area contributed by atoms with Crippen LogP contribution in [0.3, 0.4) is 0 Å². The Morgan fingerprint density at radius 2 is 2.12 bits per heavy atom. The molecule has 0 aliphatic heterocycles. The Morgan fingerprint density at radius 3 is 2.76 bits per heavy atom. The Hall–Kier alpha value is -1.13. The summed E-state index contributed by atoms with van der Waals surface area (Å²) in [5.74, 6) is 0.624. The van der Waals surface area contributed by atoms with Gasteiger partial charge in [0, 0.05) is 11.6 Å². The Balaban J connectivity index is 2.01. The van der Waals surface area contributed by atoms with Gasteiger partial charge >= 0.3 is 0 Å². The van der Waals surface area contributed by atoms with E-state index in [4.69, 9.17) is 4.42 Å². The van der Waals surface area contributed by atoms with Crippen molar-refractivity contribution in [2.75, 3.05) is 0 Å². The molecule has 1 N–H and O–H groups in total. The number of halogens is 2. The first-order chi connectivity index (χ1) is 8.18. The molecule has 0 unspecified atom stereocenters. The van der Waals surface area contributed by atoms with Crippen molar-refractivity contribution in [3.63, 3.8) is 0 Å². The molecule has 2 rings (SSSR count). The molecule has 0 fully saturated rings. The highest BCUT2D eigenvalue weighted by molar-refractivity contribution is 9.10. The van der Waals surface area contributed by atoms with E-state index in [-0.39, 0.29) is 11.9 Å². The van der Waals surface area contributed by atoms with Crippen molar-refractivity contribution < 1.29 is 8.81 Å². The van der Waals surface area contributed by atoms with Gasteiger partial charge < -0.3 is 9.73 Å². The highest BCUT2D eigenvalue weighted by Gasteiger charge is 2.11. The molecule has 1 aromatic heterocycles. The van der Waals surface area contributed by atoms with Gasteiger partial charge in [0.15, 0.2) is 0 Å². The van der Waals surface area contributed by atoms with Crippen LogP contribution >= 0.6 is 15.9 Å². The molecule has 90 valence electrons. The number of hydrogen-bond acceptors (Lipinski definition) is 2. The van der Waals surface area contributed by atoms with Crippen LogP contribution < -0.4 is 5.32 Å². The Kier molecular flexibility index (Phi) is 3.97. The fourth-order valence-electron chi connectivity index (χ4n) is 1.63. The van der Waals surface area contributed by atoms with Crippen molar-refractivity contribution in [2.45, 2.75) is 19.5 Å². The molecular weight excluding hydrogens is 285 g/mol. The van der Waals surface area contributed by atoms with E-state index >= 15 is 0 Å². The molecule has 17 heavy (non-hydrogen) atoms. The zero-order valence-corrected chi connectivity index (χ0v) is 11.0. The summed E-state index contributed by atoms with van der Waals surface area (Å²) in [5, 5.41) is 3.22. The van der Waals surface area contributed by atoms with Gasteiger partial charge in [-0.25, -0.2) is 4.39 Å². The van der Waals surface area contributed by atoms with Crippen molar-refractivity contribution >= 4 is 15.9 Å². The van der Waals surface area contributed by atoms with E-state index in [2.05, 4.69) is 21.2 Å². The van der Waals surface area contributed by atoms with Gasteiger partial charge in [0.2, 0.25) is 0 Å². The lowest BCUT2D eigenvalue weighted by Crippen LogP contribution is -2.18. The van der Waals surface area contributed by atoms with Gasteiger partial charge in [-0.05, 0) is 35.0 Å². The van der Waals surface area contributed by atoms with E-state index in [1.165, 1.54) is 6.07 Å². The average molecular weight is 298 g/mol. The molecule has 0 radical (unpaired) electrons. The monoisotopic (exact) mass is 297 g/mol. The van der Waals surface area contributed by atoms with Gasteiger partial charge in [-0.3, -0.25) is 0 Å². The van der Waals surface area contributed by atoms with Crippen molar-refractivity contribution in [3.05, 3.63) is 58.2 Å². The molecular formula is C13H13BrFNO. The summed E-state index contributed by atoms with van der Waals surface area (Å²) in [6.45, 7) is 2.48. The molecule has 0 spiro atoms. The molecule has 4 heteroatoms. The molecule has 2 nitrogen and oxygen atoms in total. The quantitative estimate of drug-likeness (QED) is 0.922. The zero-order chi connectivity index (χ0) is 12.3. The third-order valence-electron chi connectivity index (χ3n) is 2.63. The van der Waals surface area contributed by atoms with E-state index in [1.54, 1.807) is 18.4 Å². The van der Waals surface area contributed by atoms with E-state index in [0.717, 1.165) is 10.2 Å². The summed E-state index contributed by atoms with van der Waals surface area (Å²) in [7, 11) is 0. The molecule has 0 bridgehead atoms. The number of nitrogens with one attached hydrogen (secondary N) is 1. The SMILES string of the molecule is C[C@@H](NCc1occc1Br)c1ccccc1F. The van der Waals surface area contributed by atoms with Crippen molar-refractivity contribution in [2.24, 2.45) is 0 Å². The number of benzene rings is 1. The van der Waals surface area contributed by atoms with Gasteiger partial charge in [-0.2, -0.15) is 0 Å². The molecule has 0 amide bonds. The second kappa shape index (κ2) is 5.47. The lowest BCUT2D eigenvalue weighted by Gasteiger charge is -2.14. The van der Waals surface area contributed by atoms with Gasteiger partial charge in [0.05, 0.1) is 17.3 Å². The summed E-state index contributed by atoms with van der Waals surface area (Å²) in [4.78, 5) is 0. The lowest BCUT2D eigenvalue weighted by atomic mass is 10.1. The Labute approximate surface area is 108 Å². The molecule has 1 aromatic carbocycles. The van der Waals surface area contributed by atoms with E-state index in [1.807, 2.05) is 19.1 Å². The zero-order valence-electron chi connectivity index (χ0n) is 9.41. The van der Waals surface area contributed by atoms with Gasteiger partial charge in [0.1, 0.15) is 11.6 Å². The number of furan rings is 1. The minimum atomic E-state index is -0.189. The maximum Gasteiger partial charge on any atom is 0.131 e. The molecule has 1 heterocycles. The minimum absolute atomic E-state index is 0.0619. The predicted molar refractivity (Wildman–Crippen MR) is 68.1 cm³/mol. The summed E-state index contributed by atoms with van der Waals surface area (Å²) in [6, 6.07) is 8.55. The first-order valence-electron chi connectivity index (χ1n) is 5.38. The second-order valence-corrected chi connectivity index (χ2v) is 4.67. The normalized spacial score (nSPS) is 12.6. The third kappa shape index (κ3) is 2.96. The van der Waals surface area contributed by atoms with Crippen LogP contribution in [0.4, 0.5) is 4.39 Å². The van der Waals surface area contributed by atoms with Crippen molar-refractivity contribution in [1.82, 2.24) is 5.32 Å². The maximum atomic E-state index is 13.5. The van der Waals surface area contributed by atoms with Gasteiger partial charge in [0.25, 0.3) is 0 Å². The topological polar surface area (TPSA) is 25.2 Å². The molecule has 1 atom stereocenters. The van der Waals surface area contributed by atoms with Crippen LogP contribution in [0.15, 0.2) is 45.5 Å². The summed E-state index contributed by atoms with van der Waals surface area (Å²) in [5.41, 5.74) is 0.662. The molecule has 2 aromatic rings. The summed E-state index contributed by atoms with van der Waals surface area (Å²) >= 11 is 3.38. The Morgan fingerprint density at radius 1 is 1.35 bits per heavy atom. The van der Waals surface area contributed by atoms with Crippen LogP contribution in [0.1, 0.15) is 24.3 Å². The van der Waals surface area contributed by atoms with E-state index < -0.39 is 0 Å². The molecule has 0 saturated carbocycles. The third-order valence-corrected chi connectivity index (χ3v) is 3.34. The Bertz CT molecular complexity index is 498. The van der Waals surface area contributed by atoms with Gasteiger partial charge in [-0.1, -0.05) is 18.2 Å². The molecule has 0 aliphatic carbocycles. The average Bonchev–Trinajstić information content (AvgIpc) is 2.72. The van der Waals surface area contributed by atoms with Crippen LogP contribution in [0.2, 0.25) is 0 Å². The highest BCUT2D eigenvalue weighted by atomic mass is 79.9. The number of hydrogen-bond donors (Lipinski definition) is 1. The largest absolute Gasteiger partial charge is 0.467 e. The first kappa shape index (κ1) is 12.3. The maximum absolute atomic E-state index is 13.5. The van der Waals surface area contributed by atoms with E-state index in [9.17, 15) is 4.39 Å². The second-order valence-electron chi connectivity index (χ2n) is 3.82. The number of rotatable bonds is 4. The summed E-state index contributed by atoms with van der Waals surface area (Å²) in [6.07, 6.45) is 1.62. The van der Waals surface area contributed by atoms with Crippen molar-refractivity contribution in [3.8, 4) is 0 Å². The van der Waals surface area contributed by atoms with Crippen LogP contribution in [0.25, 0.3) is 0 Å². The van der Waals surface area contributed by atoms with Crippen LogP contribution in [0, 0.1) is 5.82 Å². The molecule has 0 saturated heterocycles. The standard InChI is InChI=1S/C13H13BrFNO/c1-9(10-4-2-3-5-12(10)15)16-8-13-11(14)6-7-17-13/h2-7,9,16H,8H2,1H3/t9-/m1/s1. The summed E-state index contributed by atoms with van der Waals surface area (Å²) < 4.78 is 19.7. The fourth-order valence-corrected chi connectivity index (χ4v) is 1.97. The predicted octanol–water partition coefficient (Wildman–Crippen LogP) is 4.03. The van der Waals surface area contributed by atoms with E-state index in [0.29, 0.717) is 12.1 Å². The van der Waals surface area contributed by atoms with Crippen molar-refractivity contribution in [1.29, 1.82) is 0 Å². The van der Waals surface area contributed by atoms with Gasteiger partial charge in [-0.15, -0.1) is 0 Å². The van der Waals surface area contributed by atoms with Crippen LogP contribution in [0.5, 0.6) is 0 Å². The molecule has 0 aliphatic rings. The lowest BCUT2D eigenvalue weighted by molar-refractivity contribution is 0.451. The fraction of sp³-hybridized carbons (Fsp3) is 0.231. The highest BCUT2D eigenvalue weighted by Crippen LogP contribution is 2.20.